The number of carbonyl (C=O) groups excluding carboxylic acids is 1. The predicted octanol–water partition coefficient (Wildman–Crippen LogP) is 2.51. The predicted molar refractivity (Wildman–Crippen MR) is 99.8 cm³/mol. The first-order valence-electron chi connectivity index (χ1n) is 8.43. The molecule has 1 amide bonds. The molecule has 0 aliphatic heterocycles. The van der Waals surface area contributed by atoms with Crippen molar-refractivity contribution in [1.82, 2.24) is 14.7 Å². The lowest BCUT2D eigenvalue weighted by Gasteiger charge is -2.17. The molecule has 2 heterocycles. The number of para-hydroxylation sites is 1. The summed E-state index contributed by atoms with van der Waals surface area (Å²) in [5, 5.41) is 2.79. The molecule has 2 aromatic heterocycles. The van der Waals surface area contributed by atoms with E-state index in [4.69, 9.17) is 4.74 Å². The lowest BCUT2D eigenvalue weighted by atomic mass is 10.1. The largest absolute Gasteiger partial charge is 0.491 e. The van der Waals surface area contributed by atoms with Gasteiger partial charge in [0.1, 0.15) is 23.6 Å². The van der Waals surface area contributed by atoms with Gasteiger partial charge < -0.3 is 10.1 Å². The van der Waals surface area contributed by atoms with Gasteiger partial charge in [0.2, 0.25) is 0 Å². The Labute approximate surface area is 151 Å². The number of hydrogen-bond acceptors (Lipinski definition) is 4. The molecule has 1 aromatic carbocycles. The molecule has 0 aliphatic carbocycles. The van der Waals surface area contributed by atoms with E-state index in [1.54, 1.807) is 24.4 Å². The minimum Gasteiger partial charge on any atom is -0.491 e. The van der Waals surface area contributed by atoms with E-state index in [1.165, 1.54) is 10.6 Å². The van der Waals surface area contributed by atoms with Gasteiger partial charge in [-0.3, -0.25) is 14.0 Å². The maximum atomic E-state index is 12.5. The molecule has 0 saturated carbocycles. The topological polar surface area (TPSA) is 72.7 Å². The maximum absolute atomic E-state index is 12.5. The first-order valence-corrected chi connectivity index (χ1v) is 8.43. The molecular weight excluding hydrogens is 330 g/mol. The normalized spacial score (nSPS) is 12.0. The Kier molecular flexibility index (Phi) is 5.02. The van der Waals surface area contributed by atoms with E-state index in [1.807, 2.05) is 39.0 Å². The minimum atomic E-state index is -0.460. The van der Waals surface area contributed by atoms with Crippen molar-refractivity contribution in [1.29, 1.82) is 0 Å². The fourth-order valence-electron chi connectivity index (χ4n) is 2.76. The summed E-state index contributed by atoms with van der Waals surface area (Å²) in [4.78, 5) is 29.1. The zero-order chi connectivity index (χ0) is 18.7. The molecular formula is C20H21N3O3. The number of aromatic nitrogens is 2. The highest BCUT2D eigenvalue weighted by Crippen LogP contribution is 2.22. The smallest absolute Gasteiger partial charge is 0.270 e. The van der Waals surface area contributed by atoms with Crippen molar-refractivity contribution in [2.24, 2.45) is 0 Å². The summed E-state index contributed by atoms with van der Waals surface area (Å²) in [6.07, 6.45) is 2.90. The van der Waals surface area contributed by atoms with Crippen molar-refractivity contribution in [3.63, 3.8) is 0 Å². The molecule has 1 atom stereocenters. The third-order valence-electron chi connectivity index (χ3n) is 4.12. The summed E-state index contributed by atoms with van der Waals surface area (Å²) in [7, 11) is 0. The molecule has 0 fully saturated rings. The van der Waals surface area contributed by atoms with E-state index in [2.05, 4.69) is 10.3 Å². The third-order valence-corrected chi connectivity index (χ3v) is 4.12. The highest BCUT2D eigenvalue weighted by Gasteiger charge is 2.16. The Morgan fingerprint density at radius 3 is 2.65 bits per heavy atom. The number of nitrogens with one attached hydrogen (secondary N) is 1. The molecule has 0 saturated heterocycles. The minimum absolute atomic E-state index is 0.00706. The zero-order valence-electron chi connectivity index (χ0n) is 15.0. The van der Waals surface area contributed by atoms with Crippen LogP contribution >= 0.6 is 0 Å². The molecule has 1 N–H and O–H groups in total. The van der Waals surface area contributed by atoms with E-state index in [9.17, 15) is 9.59 Å². The summed E-state index contributed by atoms with van der Waals surface area (Å²) < 4.78 is 7.21. The quantitative estimate of drug-likeness (QED) is 0.767. The van der Waals surface area contributed by atoms with Crippen LogP contribution in [0.5, 0.6) is 5.75 Å². The second-order valence-corrected chi connectivity index (χ2v) is 6.31. The van der Waals surface area contributed by atoms with Crippen molar-refractivity contribution in [2.75, 3.05) is 6.61 Å². The van der Waals surface area contributed by atoms with Gasteiger partial charge in [0, 0.05) is 12.4 Å². The van der Waals surface area contributed by atoms with E-state index < -0.39 is 11.5 Å². The van der Waals surface area contributed by atoms with Crippen LogP contribution in [0.4, 0.5) is 0 Å². The average molecular weight is 351 g/mol. The van der Waals surface area contributed by atoms with Crippen molar-refractivity contribution in [2.45, 2.75) is 26.8 Å². The van der Waals surface area contributed by atoms with Crippen LogP contribution in [0.2, 0.25) is 0 Å². The summed E-state index contributed by atoms with van der Waals surface area (Å²) in [5.74, 6) is 0.361. The average Bonchev–Trinajstić information content (AvgIpc) is 2.61. The fourth-order valence-corrected chi connectivity index (χ4v) is 2.76. The van der Waals surface area contributed by atoms with Crippen molar-refractivity contribution in [3.8, 4) is 5.75 Å². The Hall–Kier alpha value is -3.15. The van der Waals surface area contributed by atoms with Gasteiger partial charge in [0.25, 0.3) is 11.5 Å². The van der Waals surface area contributed by atoms with Crippen LogP contribution < -0.4 is 15.6 Å². The summed E-state index contributed by atoms with van der Waals surface area (Å²) in [6.45, 7) is 6.10. The lowest BCUT2D eigenvalue weighted by molar-refractivity contribution is 0.0924. The molecule has 134 valence electrons. The van der Waals surface area contributed by atoms with Crippen molar-refractivity contribution < 1.29 is 9.53 Å². The molecule has 26 heavy (non-hydrogen) atoms. The second-order valence-electron chi connectivity index (χ2n) is 6.31. The third kappa shape index (κ3) is 3.59. The number of ether oxygens (including phenoxy) is 1. The van der Waals surface area contributed by atoms with Gasteiger partial charge in [-0.15, -0.1) is 0 Å². The highest BCUT2D eigenvalue weighted by molar-refractivity contribution is 5.93. The number of amides is 1. The Balaban J connectivity index is 1.70. The monoisotopic (exact) mass is 351 g/mol. The SMILES string of the molecule is Cc1cccc(C)c1OC[C@@H](C)NC(=O)c1cnc2ccccn2c1=O. The van der Waals surface area contributed by atoms with Crippen LogP contribution in [0.3, 0.4) is 0 Å². The Bertz CT molecular complexity index is 990. The van der Waals surface area contributed by atoms with Crippen LogP contribution in [-0.4, -0.2) is 27.9 Å². The maximum Gasteiger partial charge on any atom is 0.270 e. The van der Waals surface area contributed by atoms with Crippen LogP contribution in [0.25, 0.3) is 5.65 Å². The lowest BCUT2D eigenvalue weighted by Crippen LogP contribution is -2.39. The highest BCUT2D eigenvalue weighted by atomic mass is 16.5. The number of pyridine rings is 1. The first-order chi connectivity index (χ1) is 12.5. The van der Waals surface area contributed by atoms with E-state index in [0.717, 1.165) is 16.9 Å². The number of aryl methyl sites for hydroxylation is 2. The van der Waals surface area contributed by atoms with Crippen LogP contribution in [-0.2, 0) is 0 Å². The number of carbonyl (C=O) groups is 1. The van der Waals surface area contributed by atoms with Crippen molar-refractivity contribution >= 4 is 11.6 Å². The summed E-state index contributed by atoms with van der Waals surface area (Å²) in [6, 6.07) is 10.9. The van der Waals surface area contributed by atoms with Gasteiger partial charge in [-0.1, -0.05) is 24.3 Å². The van der Waals surface area contributed by atoms with Gasteiger partial charge in [-0.2, -0.15) is 0 Å². The van der Waals surface area contributed by atoms with Crippen LogP contribution in [0, 0.1) is 13.8 Å². The Morgan fingerprint density at radius 1 is 1.19 bits per heavy atom. The first kappa shape index (κ1) is 17.7. The van der Waals surface area contributed by atoms with Gasteiger partial charge in [-0.05, 0) is 44.0 Å². The van der Waals surface area contributed by atoms with Gasteiger partial charge >= 0.3 is 0 Å². The molecule has 0 aliphatic rings. The molecule has 0 bridgehead atoms. The molecule has 0 radical (unpaired) electrons. The molecule has 3 aromatic rings. The van der Waals surface area contributed by atoms with Gasteiger partial charge in [-0.25, -0.2) is 4.98 Å². The van der Waals surface area contributed by atoms with Crippen molar-refractivity contribution in [3.05, 3.63) is 75.8 Å². The molecule has 6 heteroatoms. The number of hydrogen-bond donors (Lipinski definition) is 1. The standard InChI is InChI=1S/C20H21N3O3/c1-13-7-6-8-14(2)18(13)26-12-15(3)22-19(24)16-11-21-17-9-4-5-10-23(17)20(16)25/h4-11,15H,12H2,1-3H3,(H,22,24)/t15-/m1/s1. The van der Waals surface area contributed by atoms with Crippen LogP contribution in [0.1, 0.15) is 28.4 Å². The molecule has 0 unspecified atom stereocenters. The van der Waals surface area contributed by atoms with E-state index in [-0.39, 0.29) is 11.6 Å². The summed E-state index contributed by atoms with van der Waals surface area (Å²) >= 11 is 0. The van der Waals surface area contributed by atoms with Gasteiger partial charge in [0.15, 0.2) is 0 Å². The number of rotatable bonds is 5. The Morgan fingerprint density at radius 2 is 1.92 bits per heavy atom. The molecule has 6 nitrogen and oxygen atoms in total. The summed E-state index contributed by atoms with van der Waals surface area (Å²) in [5.41, 5.74) is 2.20. The molecule has 3 rings (SSSR count). The second kappa shape index (κ2) is 7.39. The number of fused-ring (bicyclic) bond motifs is 1. The fraction of sp³-hybridized carbons (Fsp3) is 0.250. The van der Waals surface area contributed by atoms with Crippen LogP contribution in [0.15, 0.2) is 53.6 Å². The molecule has 0 spiro atoms. The van der Waals surface area contributed by atoms with Gasteiger partial charge in [0.05, 0.1) is 6.04 Å². The number of benzene rings is 1. The number of nitrogens with zero attached hydrogens (tertiary/aromatic N) is 2. The zero-order valence-corrected chi connectivity index (χ0v) is 15.0. The van der Waals surface area contributed by atoms with E-state index in [0.29, 0.717) is 12.3 Å². The van der Waals surface area contributed by atoms with E-state index >= 15 is 0 Å².